The molecule has 0 spiro atoms. The Hall–Kier alpha value is -2.31. The number of amides is 1. The average Bonchev–Trinajstić information content (AvgIpc) is 2.73. The monoisotopic (exact) mass is 385 g/mol. The van der Waals surface area contributed by atoms with Gasteiger partial charge in [0.15, 0.2) is 0 Å². The smallest absolute Gasteiger partial charge is 0.227 e. The number of carbonyl (C=O) groups is 1. The third-order valence-corrected chi connectivity index (χ3v) is 5.38. The van der Waals surface area contributed by atoms with E-state index in [1.807, 2.05) is 32.0 Å². The zero-order valence-corrected chi connectivity index (χ0v) is 16.4. The van der Waals surface area contributed by atoms with Crippen LogP contribution in [0.2, 0.25) is 0 Å². The summed E-state index contributed by atoms with van der Waals surface area (Å²) < 4.78 is 13.6. The highest BCUT2D eigenvalue weighted by molar-refractivity contribution is 5.80. The maximum Gasteiger partial charge on any atom is 0.227 e. The molecule has 1 aromatic heterocycles. The van der Waals surface area contributed by atoms with E-state index < -0.39 is 11.6 Å². The van der Waals surface area contributed by atoms with Crippen molar-refractivity contribution in [3.8, 4) is 0 Å². The van der Waals surface area contributed by atoms with Crippen LogP contribution in [-0.2, 0) is 4.79 Å². The van der Waals surface area contributed by atoms with Crippen molar-refractivity contribution in [2.75, 3.05) is 19.7 Å². The number of aliphatic hydroxyl groups excluding tert-OH is 1. The fourth-order valence-corrected chi connectivity index (χ4v) is 3.75. The molecule has 1 aliphatic heterocycles. The van der Waals surface area contributed by atoms with Gasteiger partial charge in [0.05, 0.1) is 23.9 Å². The molecule has 1 atom stereocenters. The van der Waals surface area contributed by atoms with Crippen LogP contribution in [0.1, 0.15) is 44.0 Å². The minimum absolute atomic E-state index is 0.000489. The van der Waals surface area contributed by atoms with Crippen LogP contribution in [0.25, 0.3) is 0 Å². The maximum atomic E-state index is 13.6. The maximum absolute atomic E-state index is 13.6. The van der Waals surface area contributed by atoms with Gasteiger partial charge in [0, 0.05) is 12.1 Å². The van der Waals surface area contributed by atoms with E-state index in [1.165, 1.54) is 12.1 Å². The van der Waals surface area contributed by atoms with Gasteiger partial charge in [0.1, 0.15) is 5.82 Å². The van der Waals surface area contributed by atoms with Gasteiger partial charge >= 0.3 is 0 Å². The molecule has 0 bridgehead atoms. The molecule has 0 saturated carbocycles. The van der Waals surface area contributed by atoms with Crippen molar-refractivity contribution in [1.29, 1.82) is 0 Å². The minimum atomic E-state index is -0.807. The lowest BCUT2D eigenvalue weighted by Gasteiger charge is -2.45. The van der Waals surface area contributed by atoms with Crippen molar-refractivity contribution in [1.82, 2.24) is 15.2 Å². The van der Waals surface area contributed by atoms with Crippen molar-refractivity contribution in [3.05, 3.63) is 65.7 Å². The molecule has 5 nitrogen and oxygen atoms in total. The Morgan fingerprint density at radius 3 is 2.50 bits per heavy atom. The molecule has 1 aromatic carbocycles. The third-order valence-electron chi connectivity index (χ3n) is 5.38. The van der Waals surface area contributed by atoms with E-state index in [-0.39, 0.29) is 24.2 Å². The van der Waals surface area contributed by atoms with Gasteiger partial charge < -0.3 is 15.3 Å². The molecule has 3 rings (SSSR count). The first-order chi connectivity index (χ1) is 13.4. The molecule has 1 saturated heterocycles. The lowest BCUT2D eigenvalue weighted by Crippen LogP contribution is -2.55. The molecular weight excluding hydrogens is 357 g/mol. The number of benzene rings is 1. The number of piperidine rings is 1. The van der Waals surface area contributed by atoms with Crippen molar-refractivity contribution in [2.24, 2.45) is 5.92 Å². The predicted octanol–water partition coefficient (Wildman–Crippen LogP) is 2.91. The molecule has 2 heterocycles. The first kappa shape index (κ1) is 20.4. The van der Waals surface area contributed by atoms with Crippen LogP contribution in [0.3, 0.4) is 0 Å². The highest BCUT2D eigenvalue weighted by Gasteiger charge is 2.41. The first-order valence-corrected chi connectivity index (χ1v) is 9.75. The number of aliphatic hydroxyl groups is 1. The summed E-state index contributed by atoms with van der Waals surface area (Å²) >= 11 is 0. The van der Waals surface area contributed by atoms with E-state index >= 15 is 0 Å². The molecule has 2 N–H and O–H groups in total. The van der Waals surface area contributed by atoms with Crippen molar-refractivity contribution < 1.29 is 14.3 Å². The SMILES string of the molecule is CC(C)(CO)N(C(=O)C1CCNCC1)C(c1ccc(F)cc1)c1ccccn1. The normalized spacial score (nSPS) is 16.6. The lowest BCUT2D eigenvalue weighted by atomic mass is 9.89. The number of pyridine rings is 1. The number of hydrogen-bond acceptors (Lipinski definition) is 4. The van der Waals surface area contributed by atoms with Crippen molar-refractivity contribution >= 4 is 5.91 Å². The van der Waals surface area contributed by atoms with Gasteiger partial charge in [-0.25, -0.2) is 4.39 Å². The number of rotatable bonds is 6. The summed E-state index contributed by atoms with van der Waals surface area (Å²) in [5.41, 5.74) is 0.653. The summed E-state index contributed by atoms with van der Waals surface area (Å²) in [5.74, 6) is -0.444. The van der Waals surface area contributed by atoms with Gasteiger partial charge in [0.25, 0.3) is 0 Å². The zero-order valence-electron chi connectivity index (χ0n) is 16.4. The van der Waals surface area contributed by atoms with Gasteiger partial charge in [0.2, 0.25) is 5.91 Å². The summed E-state index contributed by atoms with van der Waals surface area (Å²) in [4.78, 5) is 19.9. The molecule has 0 radical (unpaired) electrons. The number of nitrogens with zero attached hydrogens (tertiary/aromatic N) is 2. The summed E-state index contributed by atoms with van der Waals surface area (Å²) in [6, 6.07) is 11.2. The Balaban J connectivity index is 2.10. The number of halogens is 1. The lowest BCUT2D eigenvalue weighted by molar-refractivity contribution is -0.146. The number of hydrogen-bond donors (Lipinski definition) is 2. The third kappa shape index (κ3) is 4.39. The fraction of sp³-hybridized carbons (Fsp3) is 0.455. The van der Waals surface area contributed by atoms with Crippen LogP contribution in [0.15, 0.2) is 48.7 Å². The molecule has 1 aliphatic rings. The Morgan fingerprint density at radius 1 is 1.25 bits per heavy atom. The second kappa shape index (κ2) is 8.80. The topological polar surface area (TPSA) is 65.5 Å². The van der Waals surface area contributed by atoms with E-state index in [4.69, 9.17) is 0 Å². The van der Waals surface area contributed by atoms with Gasteiger partial charge in [-0.3, -0.25) is 9.78 Å². The molecule has 2 aromatic rings. The molecule has 150 valence electrons. The van der Waals surface area contributed by atoms with E-state index in [0.717, 1.165) is 31.5 Å². The van der Waals surface area contributed by atoms with Crippen molar-refractivity contribution in [2.45, 2.75) is 38.3 Å². The molecule has 6 heteroatoms. The van der Waals surface area contributed by atoms with Crippen LogP contribution >= 0.6 is 0 Å². The van der Waals surface area contributed by atoms with E-state index in [2.05, 4.69) is 10.3 Å². The predicted molar refractivity (Wildman–Crippen MR) is 106 cm³/mol. The van der Waals surface area contributed by atoms with E-state index in [9.17, 15) is 14.3 Å². The quantitative estimate of drug-likeness (QED) is 0.803. The Morgan fingerprint density at radius 2 is 1.93 bits per heavy atom. The molecular formula is C22H28FN3O2. The zero-order chi connectivity index (χ0) is 20.1. The Labute approximate surface area is 165 Å². The van der Waals surface area contributed by atoms with Crippen LogP contribution in [-0.4, -0.2) is 46.1 Å². The molecule has 1 amide bonds. The van der Waals surface area contributed by atoms with Crippen LogP contribution in [0, 0.1) is 11.7 Å². The van der Waals surface area contributed by atoms with Crippen LogP contribution in [0.5, 0.6) is 0 Å². The number of nitrogens with one attached hydrogen (secondary N) is 1. The van der Waals surface area contributed by atoms with Gasteiger partial charge in [-0.2, -0.15) is 0 Å². The molecule has 1 fully saturated rings. The average molecular weight is 385 g/mol. The van der Waals surface area contributed by atoms with E-state index in [0.29, 0.717) is 5.69 Å². The minimum Gasteiger partial charge on any atom is -0.394 e. The summed E-state index contributed by atoms with van der Waals surface area (Å²) in [6.07, 6.45) is 3.20. The second-order valence-corrected chi connectivity index (χ2v) is 7.91. The van der Waals surface area contributed by atoms with Gasteiger partial charge in [-0.1, -0.05) is 18.2 Å². The highest BCUT2D eigenvalue weighted by Crippen LogP contribution is 2.35. The first-order valence-electron chi connectivity index (χ1n) is 9.75. The molecule has 0 aliphatic carbocycles. The fourth-order valence-electron chi connectivity index (χ4n) is 3.75. The summed E-state index contributed by atoms with van der Waals surface area (Å²) in [6.45, 7) is 5.12. The summed E-state index contributed by atoms with van der Waals surface area (Å²) in [5, 5.41) is 13.4. The highest BCUT2D eigenvalue weighted by atomic mass is 19.1. The largest absolute Gasteiger partial charge is 0.394 e. The van der Waals surface area contributed by atoms with E-state index in [1.54, 1.807) is 23.2 Å². The Bertz CT molecular complexity index is 774. The standard InChI is InChI=1S/C22H28FN3O2/c1-22(2,15-27)26(21(28)17-10-13-24-14-11-17)20(19-5-3-4-12-25-19)16-6-8-18(23)9-7-16/h3-9,12,17,20,24,27H,10-11,13-15H2,1-2H3. The molecule has 28 heavy (non-hydrogen) atoms. The Kier molecular flexibility index (Phi) is 6.42. The van der Waals surface area contributed by atoms with Crippen molar-refractivity contribution in [3.63, 3.8) is 0 Å². The van der Waals surface area contributed by atoms with Gasteiger partial charge in [-0.05, 0) is 69.6 Å². The van der Waals surface area contributed by atoms with Crippen LogP contribution in [0.4, 0.5) is 4.39 Å². The van der Waals surface area contributed by atoms with Gasteiger partial charge in [-0.15, -0.1) is 0 Å². The second-order valence-electron chi connectivity index (χ2n) is 7.91. The molecule has 1 unspecified atom stereocenters. The summed E-state index contributed by atoms with van der Waals surface area (Å²) in [7, 11) is 0. The number of aromatic nitrogens is 1. The number of carbonyl (C=O) groups excluding carboxylic acids is 1. The van der Waals surface area contributed by atoms with Crippen LogP contribution < -0.4 is 5.32 Å².